The summed E-state index contributed by atoms with van der Waals surface area (Å²) in [4.78, 5) is 32.8. The fraction of sp³-hybridized carbons (Fsp3) is 0.682. The lowest BCUT2D eigenvalue weighted by molar-refractivity contribution is -0.0784. The van der Waals surface area contributed by atoms with Crippen molar-refractivity contribution in [2.45, 2.75) is 69.7 Å². The Hall–Kier alpha value is -2.55. The summed E-state index contributed by atoms with van der Waals surface area (Å²) in [6.45, 7) is 5.29. The molecule has 9 nitrogen and oxygen atoms in total. The molecule has 1 aromatic rings. The minimum Gasteiger partial charge on any atom is -0.465 e. The molecule has 5 unspecified atom stereocenters. The van der Waals surface area contributed by atoms with Crippen molar-refractivity contribution in [3.63, 3.8) is 0 Å². The van der Waals surface area contributed by atoms with Gasteiger partial charge in [0.05, 0.1) is 24.3 Å². The van der Waals surface area contributed by atoms with Crippen molar-refractivity contribution in [3.8, 4) is 0 Å². The molecule has 31 heavy (non-hydrogen) atoms. The van der Waals surface area contributed by atoms with Crippen LogP contribution in [0.1, 0.15) is 46.0 Å². The van der Waals surface area contributed by atoms with Crippen LogP contribution in [0.5, 0.6) is 0 Å². The SMILES string of the molecule is CCOC(=O)NC1CN(c2ccccn2)CC(C)(C23CCC(CC(O)C2)N3C(=O)O)C1. The number of aliphatic hydroxyl groups is 1. The Bertz CT molecular complexity index is 823. The minimum absolute atomic E-state index is 0.167. The first-order valence-electron chi connectivity index (χ1n) is 11.1. The highest BCUT2D eigenvalue weighted by molar-refractivity contribution is 5.69. The number of ether oxygens (including phenoxy) is 1. The predicted octanol–water partition coefficient (Wildman–Crippen LogP) is 2.45. The molecule has 3 fully saturated rings. The fourth-order valence-electron chi connectivity index (χ4n) is 6.31. The Morgan fingerprint density at radius 1 is 1.35 bits per heavy atom. The summed E-state index contributed by atoms with van der Waals surface area (Å²) in [5.41, 5.74) is -1.19. The molecule has 0 aromatic carbocycles. The van der Waals surface area contributed by atoms with E-state index >= 15 is 0 Å². The number of piperidine rings is 2. The number of carbonyl (C=O) groups is 2. The lowest BCUT2D eigenvalue weighted by Gasteiger charge is -2.59. The summed E-state index contributed by atoms with van der Waals surface area (Å²) in [5, 5.41) is 23.7. The highest BCUT2D eigenvalue weighted by atomic mass is 16.5. The summed E-state index contributed by atoms with van der Waals surface area (Å²) in [5.74, 6) is 0.785. The molecule has 2 amide bonds. The summed E-state index contributed by atoms with van der Waals surface area (Å²) in [6.07, 6.45) is 2.75. The van der Waals surface area contributed by atoms with Crippen molar-refractivity contribution in [1.29, 1.82) is 0 Å². The molecule has 3 saturated heterocycles. The predicted molar refractivity (Wildman–Crippen MR) is 114 cm³/mol. The zero-order valence-corrected chi connectivity index (χ0v) is 18.2. The fourth-order valence-corrected chi connectivity index (χ4v) is 6.31. The first-order chi connectivity index (χ1) is 14.8. The number of hydrogen-bond donors (Lipinski definition) is 3. The van der Waals surface area contributed by atoms with Crippen molar-refractivity contribution >= 4 is 18.0 Å². The first kappa shape index (κ1) is 21.7. The van der Waals surface area contributed by atoms with Gasteiger partial charge in [-0.25, -0.2) is 14.6 Å². The molecule has 3 aliphatic rings. The second kappa shape index (κ2) is 8.18. The number of carbonyl (C=O) groups excluding carboxylic acids is 1. The molecule has 9 heteroatoms. The van der Waals surface area contributed by atoms with Gasteiger partial charge in [-0.3, -0.25) is 4.90 Å². The molecule has 3 N–H and O–H groups in total. The average Bonchev–Trinajstić information content (AvgIpc) is 2.98. The van der Waals surface area contributed by atoms with Crippen molar-refractivity contribution in [3.05, 3.63) is 24.4 Å². The second-order valence-electron chi connectivity index (χ2n) is 9.37. The number of aromatic nitrogens is 1. The van der Waals surface area contributed by atoms with Gasteiger partial charge in [0.1, 0.15) is 5.82 Å². The van der Waals surface area contributed by atoms with E-state index in [1.54, 1.807) is 18.0 Å². The van der Waals surface area contributed by atoms with Crippen LogP contribution in [0.25, 0.3) is 0 Å². The van der Waals surface area contributed by atoms with Crippen LogP contribution in [0, 0.1) is 5.41 Å². The van der Waals surface area contributed by atoms with Crippen LogP contribution in [0.3, 0.4) is 0 Å². The smallest absolute Gasteiger partial charge is 0.408 e. The number of nitrogens with zero attached hydrogens (tertiary/aromatic N) is 3. The van der Waals surface area contributed by atoms with Gasteiger partial charge in [-0.15, -0.1) is 0 Å². The highest BCUT2D eigenvalue weighted by Gasteiger charge is 2.63. The van der Waals surface area contributed by atoms with E-state index in [2.05, 4.69) is 22.1 Å². The Kier molecular flexibility index (Phi) is 5.72. The largest absolute Gasteiger partial charge is 0.465 e. The van der Waals surface area contributed by atoms with E-state index in [9.17, 15) is 19.8 Å². The zero-order valence-electron chi connectivity index (χ0n) is 18.2. The van der Waals surface area contributed by atoms with Gasteiger partial charge in [0.2, 0.25) is 0 Å². The minimum atomic E-state index is -0.930. The maximum atomic E-state index is 12.3. The Morgan fingerprint density at radius 2 is 2.16 bits per heavy atom. The summed E-state index contributed by atoms with van der Waals surface area (Å²) in [6, 6.07) is 5.29. The Balaban J connectivity index is 1.71. The summed E-state index contributed by atoms with van der Waals surface area (Å²) in [7, 11) is 0. The van der Waals surface area contributed by atoms with Gasteiger partial charge in [0, 0.05) is 30.7 Å². The summed E-state index contributed by atoms with van der Waals surface area (Å²) < 4.78 is 5.11. The normalized spacial score (nSPS) is 35.0. The lowest BCUT2D eigenvalue weighted by atomic mass is 9.61. The van der Waals surface area contributed by atoms with Gasteiger partial charge in [-0.05, 0) is 51.2 Å². The van der Waals surface area contributed by atoms with Crippen LogP contribution in [0.2, 0.25) is 0 Å². The molecule has 170 valence electrons. The molecule has 4 heterocycles. The van der Waals surface area contributed by atoms with E-state index in [1.165, 1.54) is 0 Å². The van der Waals surface area contributed by atoms with Gasteiger partial charge < -0.3 is 25.2 Å². The number of hydrogen-bond acceptors (Lipinski definition) is 6. The third kappa shape index (κ3) is 3.79. The van der Waals surface area contributed by atoms with Crippen molar-refractivity contribution < 1.29 is 24.5 Å². The standard InChI is InChI=1S/C22H32N4O5/c1-3-31-19(28)24-15-11-21(2,14-25(13-15)18-6-4-5-9-23-18)22-8-7-16(10-17(27)12-22)26(22)20(29)30/h4-6,9,15-17,27H,3,7-8,10-14H2,1-2H3,(H,24,28)(H,29,30). The van der Waals surface area contributed by atoms with E-state index in [-0.39, 0.29) is 18.7 Å². The lowest BCUT2D eigenvalue weighted by Crippen LogP contribution is -2.69. The number of alkyl carbamates (subject to hydrolysis) is 1. The number of pyridine rings is 1. The topological polar surface area (TPSA) is 115 Å². The van der Waals surface area contributed by atoms with Crippen LogP contribution in [0.15, 0.2) is 24.4 Å². The first-order valence-corrected chi connectivity index (χ1v) is 11.1. The third-order valence-electron chi connectivity index (χ3n) is 7.41. The highest BCUT2D eigenvalue weighted by Crippen LogP contribution is 2.56. The molecule has 0 saturated carbocycles. The number of fused-ring (bicyclic) bond motifs is 2. The zero-order chi connectivity index (χ0) is 22.2. The molecule has 0 radical (unpaired) electrons. The number of carboxylic acid groups (broad SMARTS) is 1. The average molecular weight is 433 g/mol. The van der Waals surface area contributed by atoms with E-state index in [1.807, 2.05) is 18.2 Å². The van der Waals surface area contributed by atoms with E-state index in [4.69, 9.17) is 4.74 Å². The van der Waals surface area contributed by atoms with Crippen LogP contribution in [-0.4, -0.2) is 75.7 Å². The van der Waals surface area contributed by atoms with Crippen molar-refractivity contribution in [2.75, 3.05) is 24.6 Å². The van der Waals surface area contributed by atoms with Crippen LogP contribution < -0.4 is 10.2 Å². The van der Waals surface area contributed by atoms with Crippen molar-refractivity contribution in [1.82, 2.24) is 15.2 Å². The van der Waals surface area contributed by atoms with Gasteiger partial charge in [-0.1, -0.05) is 13.0 Å². The maximum Gasteiger partial charge on any atom is 0.408 e. The molecule has 1 aromatic heterocycles. The number of amides is 2. The second-order valence-corrected chi connectivity index (χ2v) is 9.37. The Morgan fingerprint density at radius 3 is 2.84 bits per heavy atom. The number of aliphatic hydroxyl groups excluding tert-OH is 1. The number of rotatable bonds is 4. The summed E-state index contributed by atoms with van der Waals surface area (Å²) >= 11 is 0. The van der Waals surface area contributed by atoms with E-state index in [0.717, 1.165) is 12.2 Å². The molecule has 3 aliphatic heterocycles. The Labute approximate surface area is 182 Å². The van der Waals surface area contributed by atoms with Gasteiger partial charge in [0.15, 0.2) is 0 Å². The van der Waals surface area contributed by atoms with Gasteiger partial charge in [-0.2, -0.15) is 0 Å². The van der Waals surface area contributed by atoms with Crippen LogP contribution >= 0.6 is 0 Å². The molecular weight excluding hydrogens is 400 g/mol. The van der Waals surface area contributed by atoms with Crippen molar-refractivity contribution in [2.24, 2.45) is 5.41 Å². The monoisotopic (exact) mass is 432 g/mol. The molecule has 4 rings (SSSR count). The van der Waals surface area contributed by atoms with Gasteiger partial charge in [0.25, 0.3) is 0 Å². The number of nitrogens with one attached hydrogen (secondary N) is 1. The quantitative estimate of drug-likeness (QED) is 0.669. The molecule has 5 atom stereocenters. The van der Waals surface area contributed by atoms with Gasteiger partial charge >= 0.3 is 12.2 Å². The van der Waals surface area contributed by atoms with E-state index < -0.39 is 29.2 Å². The molecule has 0 aliphatic carbocycles. The maximum absolute atomic E-state index is 12.3. The molecule has 2 bridgehead atoms. The number of anilines is 1. The van der Waals surface area contributed by atoms with Crippen LogP contribution in [0.4, 0.5) is 15.4 Å². The van der Waals surface area contributed by atoms with Crippen LogP contribution in [-0.2, 0) is 4.74 Å². The molecule has 0 spiro atoms. The third-order valence-corrected chi connectivity index (χ3v) is 7.41. The molecular formula is C22H32N4O5. The van der Waals surface area contributed by atoms with E-state index in [0.29, 0.717) is 38.8 Å².